The molecule has 0 spiro atoms. The summed E-state index contributed by atoms with van der Waals surface area (Å²) in [5.41, 5.74) is 0.310. The Balaban J connectivity index is 1.84. The maximum absolute atomic E-state index is 12.4. The van der Waals surface area contributed by atoms with E-state index in [0.717, 1.165) is 11.3 Å². The average Bonchev–Trinajstić information content (AvgIpc) is 2.96. The molecular formula is C16H14ClN3O2S. The lowest BCUT2D eigenvalue weighted by Crippen LogP contribution is -2.27. The van der Waals surface area contributed by atoms with E-state index in [1.54, 1.807) is 24.3 Å². The molecule has 0 unspecified atom stereocenters. The van der Waals surface area contributed by atoms with Crippen LogP contribution < -0.4 is 10.9 Å². The first-order chi connectivity index (χ1) is 11.1. The van der Waals surface area contributed by atoms with Gasteiger partial charge < -0.3 is 5.32 Å². The Bertz CT molecular complexity index is 932. The molecule has 0 atom stereocenters. The molecule has 1 aromatic carbocycles. The van der Waals surface area contributed by atoms with E-state index in [9.17, 15) is 9.59 Å². The molecule has 0 aliphatic rings. The van der Waals surface area contributed by atoms with E-state index in [2.05, 4.69) is 10.3 Å². The van der Waals surface area contributed by atoms with Gasteiger partial charge in [0.15, 0.2) is 0 Å². The monoisotopic (exact) mass is 347 g/mol. The maximum Gasteiger partial charge on any atom is 0.262 e. The number of carbonyl (C=O) groups is 1. The van der Waals surface area contributed by atoms with Crippen LogP contribution in [0.4, 0.5) is 5.69 Å². The first-order valence-electron chi connectivity index (χ1n) is 7.10. The van der Waals surface area contributed by atoms with Crippen molar-refractivity contribution in [1.82, 2.24) is 9.55 Å². The van der Waals surface area contributed by atoms with Gasteiger partial charge in [0.05, 0.1) is 22.4 Å². The Morgan fingerprint density at radius 3 is 2.91 bits per heavy atom. The molecule has 1 N–H and O–H groups in total. The van der Waals surface area contributed by atoms with E-state index >= 15 is 0 Å². The molecular weight excluding hydrogens is 334 g/mol. The number of aryl methyl sites for hydroxylation is 1. The van der Waals surface area contributed by atoms with Gasteiger partial charge in [0.1, 0.15) is 11.4 Å². The summed E-state index contributed by atoms with van der Waals surface area (Å²) in [7, 11) is 0. The van der Waals surface area contributed by atoms with Crippen LogP contribution in [0, 0.1) is 0 Å². The van der Waals surface area contributed by atoms with Crippen LogP contribution in [-0.2, 0) is 17.8 Å². The molecule has 0 aliphatic carbocycles. The molecule has 118 valence electrons. The molecule has 1 amide bonds. The first kappa shape index (κ1) is 15.7. The molecule has 0 fully saturated rings. The highest BCUT2D eigenvalue weighted by molar-refractivity contribution is 7.18. The van der Waals surface area contributed by atoms with Crippen LogP contribution in [0.2, 0.25) is 5.02 Å². The number of benzene rings is 1. The molecule has 7 heteroatoms. The van der Waals surface area contributed by atoms with E-state index in [-0.39, 0.29) is 18.0 Å². The second-order valence-corrected chi connectivity index (χ2v) is 6.51. The molecule has 3 rings (SSSR count). The predicted octanol–water partition coefficient (Wildman–Crippen LogP) is 3.31. The summed E-state index contributed by atoms with van der Waals surface area (Å²) >= 11 is 7.51. The number of aromatic nitrogens is 2. The van der Waals surface area contributed by atoms with Crippen LogP contribution in [-0.4, -0.2) is 15.5 Å². The van der Waals surface area contributed by atoms with Crippen molar-refractivity contribution < 1.29 is 4.79 Å². The lowest BCUT2D eigenvalue weighted by molar-refractivity contribution is -0.116. The first-order valence-corrected chi connectivity index (χ1v) is 8.30. The quantitative estimate of drug-likeness (QED) is 0.787. The summed E-state index contributed by atoms with van der Waals surface area (Å²) in [5.74, 6) is -0.327. The third-order valence-corrected chi connectivity index (χ3v) is 4.90. The lowest BCUT2D eigenvalue weighted by atomic mass is 10.3. The van der Waals surface area contributed by atoms with E-state index in [4.69, 9.17) is 11.6 Å². The Hall–Kier alpha value is -2.18. The van der Waals surface area contributed by atoms with Crippen LogP contribution in [0.5, 0.6) is 0 Å². The van der Waals surface area contributed by atoms with Crippen molar-refractivity contribution in [3.63, 3.8) is 0 Å². The number of halogens is 1. The highest BCUT2D eigenvalue weighted by Gasteiger charge is 2.11. The van der Waals surface area contributed by atoms with Crippen LogP contribution in [0.1, 0.15) is 11.8 Å². The molecule has 0 radical (unpaired) electrons. The Labute approximate surface area is 141 Å². The molecule has 2 aromatic heterocycles. The summed E-state index contributed by atoms with van der Waals surface area (Å²) in [6, 6.07) is 8.80. The second-order valence-electron chi connectivity index (χ2n) is 4.99. The van der Waals surface area contributed by atoms with Crippen molar-refractivity contribution in [3.8, 4) is 0 Å². The highest BCUT2D eigenvalue weighted by Crippen LogP contribution is 2.22. The van der Waals surface area contributed by atoms with Gasteiger partial charge in [0.2, 0.25) is 5.91 Å². The van der Waals surface area contributed by atoms with Crippen molar-refractivity contribution >= 4 is 44.7 Å². The number of thiophene rings is 1. The molecule has 3 aromatic rings. The van der Waals surface area contributed by atoms with E-state index in [1.807, 2.05) is 13.0 Å². The SMILES string of the molecule is CCc1cc2c(=O)n(CC(=O)Nc3ccccc3Cl)cnc2s1. The van der Waals surface area contributed by atoms with Gasteiger partial charge in [-0.15, -0.1) is 11.3 Å². The Morgan fingerprint density at radius 2 is 2.17 bits per heavy atom. The molecule has 5 nitrogen and oxygen atoms in total. The van der Waals surface area contributed by atoms with Gasteiger partial charge in [0.25, 0.3) is 5.56 Å². The summed E-state index contributed by atoms with van der Waals surface area (Å²) < 4.78 is 1.31. The zero-order valence-corrected chi connectivity index (χ0v) is 13.9. The standard InChI is InChI=1S/C16H14ClN3O2S/c1-2-10-7-11-15(23-10)18-9-20(16(11)22)8-14(21)19-13-6-4-3-5-12(13)17/h3-7,9H,2,8H2,1H3,(H,19,21). The van der Waals surface area contributed by atoms with Crippen molar-refractivity contribution in [2.45, 2.75) is 19.9 Å². The number of amides is 1. The van der Waals surface area contributed by atoms with Gasteiger partial charge in [-0.25, -0.2) is 4.98 Å². The number of para-hydroxylation sites is 1. The number of carbonyl (C=O) groups excluding carboxylic acids is 1. The Kier molecular flexibility index (Phi) is 4.45. The zero-order chi connectivity index (χ0) is 16.4. The summed E-state index contributed by atoms with van der Waals surface area (Å²) in [4.78, 5) is 30.6. The number of fused-ring (bicyclic) bond motifs is 1. The third-order valence-electron chi connectivity index (χ3n) is 3.38. The largest absolute Gasteiger partial charge is 0.323 e. The topological polar surface area (TPSA) is 64.0 Å². The summed E-state index contributed by atoms with van der Waals surface area (Å²) in [6.45, 7) is 1.92. The van der Waals surface area contributed by atoms with Crippen molar-refractivity contribution in [3.05, 3.63) is 56.9 Å². The summed E-state index contributed by atoms with van der Waals surface area (Å²) in [5, 5.41) is 3.70. The van der Waals surface area contributed by atoms with Crippen molar-refractivity contribution in [2.75, 3.05) is 5.32 Å². The normalized spacial score (nSPS) is 10.9. The fourth-order valence-electron chi connectivity index (χ4n) is 2.20. The van der Waals surface area contributed by atoms with Crippen molar-refractivity contribution in [1.29, 1.82) is 0 Å². The molecule has 23 heavy (non-hydrogen) atoms. The van der Waals surface area contributed by atoms with E-state index < -0.39 is 0 Å². The van der Waals surface area contributed by atoms with Crippen LogP contribution >= 0.6 is 22.9 Å². The number of hydrogen-bond acceptors (Lipinski definition) is 4. The highest BCUT2D eigenvalue weighted by atomic mass is 35.5. The molecule has 0 aliphatic heterocycles. The third kappa shape index (κ3) is 3.28. The van der Waals surface area contributed by atoms with Gasteiger partial charge in [-0.2, -0.15) is 0 Å². The molecule has 0 saturated carbocycles. The van der Waals surface area contributed by atoms with Gasteiger partial charge in [-0.05, 0) is 24.6 Å². The number of rotatable bonds is 4. The minimum Gasteiger partial charge on any atom is -0.323 e. The molecule has 0 saturated heterocycles. The number of nitrogens with zero attached hydrogens (tertiary/aromatic N) is 2. The number of anilines is 1. The van der Waals surface area contributed by atoms with Crippen LogP contribution in [0.25, 0.3) is 10.2 Å². The van der Waals surface area contributed by atoms with Gasteiger partial charge in [0, 0.05) is 4.88 Å². The maximum atomic E-state index is 12.4. The van der Waals surface area contributed by atoms with E-state index in [0.29, 0.717) is 20.9 Å². The smallest absolute Gasteiger partial charge is 0.262 e. The fraction of sp³-hybridized carbons (Fsp3) is 0.188. The van der Waals surface area contributed by atoms with Gasteiger partial charge >= 0.3 is 0 Å². The Morgan fingerprint density at radius 1 is 1.39 bits per heavy atom. The van der Waals surface area contributed by atoms with Crippen molar-refractivity contribution in [2.24, 2.45) is 0 Å². The molecule has 2 heterocycles. The minimum absolute atomic E-state index is 0.107. The molecule has 0 bridgehead atoms. The van der Waals surface area contributed by atoms with Gasteiger partial charge in [-0.1, -0.05) is 30.7 Å². The fourth-order valence-corrected chi connectivity index (χ4v) is 3.31. The van der Waals surface area contributed by atoms with E-state index in [1.165, 1.54) is 22.2 Å². The lowest BCUT2D eigenvalue weighted by Gasteiger charge is -2.08. The van der Waals surface area contributed by atoms with Crippen LogP contribution in [0.15, 0.2) is 41.5 Å². The predicted molar refractivity (Wildman–Crippen MR) is 93.3 cm³/mol. The second kappa shape index (κ2) is 6.52. The van der Waals surface area contributed by atoms with Gasteiger partial charge in [-0.3, -0.25) is 14.2 Å². The minimum atomic E-state index is -0.327. The summed E-state index contributed by atoms with van der Waals surface area (Å²) in [6.07, 6.45) is 2.26. The van der Waals surface area contributed by atoms with Crippen LogP contribution in [0.3, 0.4) is 0 Å². The number of hydrogen-bond donors (Lipinski definition) is 1. The number of nitrogens with one attached hydrogen (secondary N) is 1. The zero-order valence-electron chi connectivity index (χ0n) is 12.4. The average molecular weight is 348 g/mol.